The number of phenols is 1. The molecular formula is C24H18N2O3. The smallest absolute Gasteiger partial charge is 0.257 e. The molecule has 0 heterocycles. The van der Waals surface area contributed by atoms with Gasteiger partial charge in [-0.05, 0) is 36.4 Å². The van der Waals surface area contributed by atoms with Crippen LogP contribution in [0.2, 0.25) is 0 Å². The van der Waals surface area contributed by atoms with Gasteiger partial charge in [0.15, 0.2) is 0 Å². The molecule has 5 heteroatoms. The molecule has 0 aliphatic carbocycles. The van der Waals surface area contributed by atoms with Crippen LogP contribution in [0, 0.1) is 0 Å². The van der Waals surface area contributed by atoms with E-state index in [0.29, 0.717) is 27.9 Å². The fourth-order valence-electron chi connectivity index (χ4n) is 3.17. The molecular weight excluding hydrogens is 364 g/mol. The summed E-state index contributed by atoms with van der Waals surface area (Å²) in [5.41, 5.74) is 1.84. The SMILES string of the molecule is O=C(Nc1ccccc1C(=O)Nc1cccc2c(O)cccc12)c1ccccc1. The molecule has 4 aromatic rings. The predicted molar refractivity (Wildman–Crippen MR) is 114 cm³/mol. The summed E-state index contributed by atoms with van der Waals surface area (Å²) in [5.74, 6) is -0.500. The van der Waals surface area contributed by atoms with E-state index in [2.05, 4.69) is 10.6 Å². The molecule has 0 atom stereocenters. The maximum absolute atomic E-state index is 13.0. The van der Waals surface area contributed by atoms with Crippen molar-refractivity contribution < 1.29 is 14.7 Å². The highest BCUT2D eigenvalue weighted by molar-refractivity contribution is 6.14. The van der Waals surface area contributed by atoms with Crippen molar-refractivity contribution in [2.45, 2.75) is 0 Å². The quantitative estimate of drug-likeness (QED) is 0.462. The second-order valence-electron chi connectivity index (χ2n) is 6.50. The average Bonchev–Trinajstić information content (AvgIpc) is 2.75. The van der Waals surface area contributed by atoms with E-state index < -0.39 is 0 Å². The standard InChI is InChI=1S/C24H18N2O3/c27-22-15-7-11-17-18(22)12-6-14-20(17)26-24(29)19-10-4-5-13-21(19)25-23(28)16-8-2-1-3-9-16/h1-15,27H,(H,25,28)(H,26,29). The van der Waals surface area contributed by atoms with Crippen LogP contribution < -0.4 is 10.6 Å². The first-order chi connectivity index (χ1) is 14.1. The minimum atomic E-state index is -0.357. The lowest BCUT2D eigenvalue weighted by atomic mass is 10.1. The van der Waals surface area contributed by atoms with Crippen LogP contribution in [0.3, 0.4) is 0 Å². The van der Waals surface area contributed by atoms with E-state index in [1.54, 1.807) is 78.9 Å². The van der Waals surface area contributed by atoms with Gasteiger partial charge in [0.2, 0.25) is 0 Å². The van der Waals surface area contributed by atoms with Gasteiger partial charge in [-0.25, -0.2) is 0 Å². The third-order valence-corrected chi connectivity index (χ3v) is 4.60. The Bertz CT molecular complexity index is 1200. The number of fused-ring (bicyclic) bond motifs is 1. The highest BCUT2D eigenvalue weighted by atomic mass is 16.3. The minimum Gasteiger partial charge on any atom is -0.507 e. The van der Waals surface area contributed by atoms with Crippen LogP contribution in [-0.2, 0) is 0 Å². The Morgan fingerprint density at radius 1 is 0.586 bits per heavy atom. The zero-order chi connectivity index (χ0) is 20.2. The summed E-state index contributed by atoms with van der Waals surface area (Å²) in [6, 6.07) is 26.1. The summed E-state index contributed by atoms with van der Waals surface area (Å²) in [4.78, 5) is 25.4. The van der Waals surface area contributed by atoms with Crippen LogP contribution in [-0.4, -0.2) is 16.9 Å². The van der Waals surface area contributed by atoms with Gasteiger partial charge in [0.25, 0.3) is 11.8 Å². The summed E-state index contributed by atoms with van der Waals surface area (Å²) < 4.78 is 0. The Kier molecular flexibility index (Phi) is 4.95. The second-order valence-corrected chi connectivity index (χ2v) is 6.50. The van der Waals surface area contributed by atoms with Crippen molar-refractivity contribution in [1.29, 1.82) is 0 Å². The normalized spacial score (nSPS) is 10.5. The number of para-hydroxylation sites is 1. The summed E-state index contributed by atoms with van der Waals surface area (Å²) >= 11 is 0. The van der Waals surface area contributed by atoms with Gasteiger partial charge in [-0.15, -0.1) is 0 Å². The van der Waals surface area contributed by atoms with Gasteiger partial charge in [-0.1, -0.05) is 54.6 Å². The number of rotatable bonds is 4. The van der Waals surface area contributed by atoms with Crippen LogP contribution in [0.1, 0.15) is 20.7 Å². The Labute approximate surface area is 167 Å². The Morgan fingerprint density at radius 3 is 2.03 bits per heavy atom. The molecule has 2 amide bonds. The van der Waals surface area contributed by atoms with Gasteiger partial charge >= 0.3 is 0 Å². The number of hydrogen-bond donors (Lipinski definition) is 3. The Morgan fingerprint density at radius 2 is 1.21 bits per heavy atom. The lowest BCUT2D eigenvalue weighted by molar-refractivity contribution is 0.102. The van der Waals surface area contributed by atoms with E-state index >= 15 is 0 Å². The molecule has 0 aliphatic rings. The third kappa shape index (κ3) is 3.80. The van der Waals surface area contributed by atoms with E-state index in [-0.39, 0.29) is 17.6 Å². The van der Waals surface area contributed by atoms with Crippen molar-refractivity contribution in [2.75, 3.05) is 10.6 Å². The molecule has 29 heavy (non-hydrogen) atoms. The number of carbonyl (C=O) groups is 2. The molecule has 0 radical (unpaired) electrons. The van der Waals surface area contributed by atoms with Crippen LogP contribution >= 0.6 is 0 Å². The van der Waals surface area contributed by atoms with Gasteiger partial charge in [0.05, 0.1) is 11.3 Å². The van der Waals surface area contributed by atoms with Crippen LogP contribution in [0.5, 0.6) is 5.75 Å². The van der Waals surface area contributed by atoms with Gasteiger partial charge in [-0.3, -0.25) is 9.59 Å². The second kappa shape index (κ2) is 7.86. The van der Waals surface area contributed by atoms with E-state index in [9.17, 15) is 14.7 Å². The maximum atomic E-state index is 13.0. The van der Waals surface area contributed by atoms with Crippen molar-refractivity contribution in [3.63, 3.8) is 0 Å². The fraction of sp³-hybridized carbons (Fsp3) is 0. The molecule has 0 saturated heterocycles. The lowest BCUT2D eigenvalue weighted by Gasteiger charge is -2.13. The van der Waals surface area contributed by atoms with Crippen molar-refractivity contribution in [3.8, 4) is 5.75 Å². The molecule has 4 rings (SSSR count). The molecule has 142 valence electrons. The number of aromatic hydroxyl groups is 1. The van der Waals surface area contributed by atoms with E-state index in [0.717, 1.165) is 5.39 Å². The third-order valence-electron chi connectivity index (χ3n) is 4.60. The topological polar surface area (TPSA) is 78.4 Å². The van der Waals surface area contributed by atoms with Crippen LogP contribution in [0.15, 0.2) is 91.0 Å². The predicted octanol–water partition coefficient (Wildman–Crippen LogP) is 5.05. The Balaban J connectivity index is 1.62. The van der Waals surface area contributed by atoms with E-state index in [4.69, 9.17) is 0 Å². The van der Waals surface area contributed by atoms with Crippen molar-refractivity contribution in [1.82, 2.24) is 0 Å². The number of hydrogen-bond acceptors (Lipinski definition) is 3. The molecule has 0 spiro atoms. The molecule has 0 unspecified atom stereocenters. The zero-order valence-electron chi connectivity index (χ0n) is 15.4. The number of anilines is 2. The average molecular weight is 382 g/mol. The summed E-state index contributed by atoms with van der Waals surface area (Å²) in [6.45, 7) is 0. The van der Waals surface area contributed by atoms with Gasteiger partial charge < -0.3 is 15.7 Å². The molecule has 0 fully saturated rings. The minimum absolute atomic E-state index is 0.147. The van der Waals surface area contributed by atoms with Crippen molar-refractivity contribution >= 4 is 34.0 Å². The molecule has 4 aromatic carbocycles. The molecule has 0 saturated carbocycles. The Hall–Kier alpha value is -4.12. The maximum Gasteiger partial charge on any atom is 0.257 e. The highest BCUT2D eigenvalue weighted by Crippen LogP contribution is 2.30. The molecule has 0 aromatic heterocycles. The van der Waals surface area contributed by atoms with Crippen molar-refractivity contribution in [3.05, 3.63) is 102 Å². The first kappa shape index (κ1) is 18.3. The molecule has 3 N–H and O–H groups in total. The number of nitrogens with one attached hydrogen (secondary N) is 2. The summed E-state index contributed by atoms with van der Waals surface area (Å²) in [7, 11) is 0. The van der Waals surface area contributed by atoms with Gasteiger partial charge in [0, 0.05) is 22.0 Å². The summed E-state index contributed by atoms with van der Waals surface area (Å²) in [5, 5.41) is 17.1. The van der Waals surface area contributed by atoms with E-state index in [1.165, 1.54) is 0 Å². The summed E-state index contributed by atoms with van der Waals surface area (Å²) in [6.07, 6.45) is 0. The largest absolute Gasteiger partial charge is 0.507 e. The van der Waals surface area contributed by atoms with Gasteiger partial charge in [0.1, 0.15) is 5.75 Å². The number of carbonyl (C=O) groups excluding carboxylic acids is 2. The molecule has 0 aliphatic heterocycles. The fourth-order valence-corrected chi connectivity index (χ4v) is 3.17. The van der Waals surface area contributed by atoms with Crippen LogP contribution in [0.4, 0.5) is 11.4 Å². The van der Waals surface area contributed by atoms with Gasteiger partial charge in [-0.2, -0.15) is 0 Å². The van der Waals surface area contributed by atoms with Crippen LogP contribution in [0.25, 0.3) is 10.8 Å². The van der Waals surface area contributed by atoms with E-state index in [1.807, 2.05) is 12.1 Å². The monoisotopic (exact) mass is 382 g/mol. The lowest BCUT2D eigenvalue weighted by Crippen LogP contribution is -2.18. The molecule has 5 nitrogen and oxygen atoms in total. The highest BCUT2D eigenvalue weighted by Gasteiger charge is 2.15. The first-order valence-electron chi connectivity index (χ1n) is 9.11. The first-order valence-corrected chi connectivity index (χ1v) is 9.11. The number of amides is 2. The number of benzene rings is 4. The number of phenolic OH excluding ortho intramolecular Hbond substituents is 1. The molecule has 0 bridgehead atoms. The zero-order valence-corrected chi connectivity index (χ0v) is 15.4. The van der Waals surface area contributed by atoms with Crippen molar-refractivity contribution in [2.24, 2.45) is 0 Å².